The Morgan fingerprint density at radius 1 is 0.350 bits per heavy atom. The molecule has 0 bridgehead atoms. The maximum Gasteiger partial charge on any atom is 0.305 e. The molecule has 0 aliphatic heterocycles. The molecule has 60 heavy (non-hydrogen) atoms. The van der Waals surface area contributed by atoms with Crippen LogP contribution in [0.3, 0.4) is 0 Å². The van der Waals surface area contributed by atoms with Gasteiger partial charge in [0.15, 0.2) is 0 Å². The Balaban J connectivity index is 4.26. The van der Waals surface area contributed by atoms with Crippen molar-refractivity contribution in [3.63, 3.8) is 0 Å². The Bertz CT molecular complexity index is 997. The van der Waals surface area contributed by atoms with Gasteiger partial charge in [0.2, 0.25) is 0 Å². The van der Waals surface area contributed by atoms with E-state index in [1.807, 2.05) is 0 Å². The molecule has 0 rings (SSSR count). The average Bonchev–Trinajstić information content (AvgIpc) is 3.25. The van der Waals surface area contributed by atoms with E-state index in [2.05, 4.69) is 69.4 Å². The summed E-state index contributed by atoms with van der Waals surface area (Å²) in [5, 5.41) is 0. The van der Waals surface area contributed by atoms with Crippen LogP contribution in [0, 0.1) is 0 Å². The van der Waals surface area contributed by atoms with Crippen molar-refractivity contribution >= 4 is 11.9 Å². The van der Waals surface area contributed by atoms with E-state index in [0.717, 1.165) is 83.5 Å². The quantitative estimate of drug-likeness (QED) is 0.0347. The van der Waals surface area contributed by atoms with Crippen LogP contribution in [0.15, 0.2) is 48.6 Å². The fourth-order valence-corrected chi connectivity index (χ4v) is 7.36. The van der Waals surface area contributed by atoms with E-state index < -0.39 is 6.10 Å². The number of unbranched alkanes of at least 4 members (excludes halogenated alkanes) is 29. The van der Waals surface area contributed by atoms with E-state index in [-0.39, 0.29) is 25.2 Å². The molecule has 0 spiro atoms. The van der Waals surface area contributed by atoms with Crippen molar-refractivity contribution in [1.82, 2.24) is 0 Å². The molecule has 0 unspecified atom stereocenters. The summed E-state index contributed by atoms with van der Waals surface area (Å²) in [6.07, 6.45) is 62.8. The Kier molecular flexibility index (Phi) is 49.4. The SMILES string of the molecule is CCCC/C=C\CCCCCCCC(=O)OC[C@@H](COC(=O)CCCCCC/C=C\C/C=C\C/C=C\CCCCC)OCCCCCCCCCCCCCCCCCC. The van der Waals surface area contributed by atoms with Crippen LogP contribution in [0.1, 0.15) is 265 Å². The molecule has 0 N–H and O–H groups in total. The lowest BCUT2D eigenvalue weighted by Crippen LogP contribution is -2.29. The molecule has 0 fully saturated rings. The summed E-state index contributed by atoms with van der Waals surface area (Å²) in [7, 11) is 0. The molecule has 5 heteroatoms. The second kappa shape index (κ2) is 51.2. The summed E-state index contributed by atoms with van der Waals surface area (Å²) in [6, 6.07) is 0. The highest BCUT2D eigenvalue weighted by atomic mass is 16.6. The number of carbonyl (C=O) groups excluding carboxylic acids is 2. The highest BCUT2D eigenvalue weighted by Gasteiger charge is 2.16. The maximum absolute atomic E-state index is 12.6. The van der Waals surface area contributed by atoms with Crippen LogP contribution >= 0.6 is 0 Å². The largest absolute Gasteiger partial charge is 0.463 e. The minimum atomic E-state index is -0.409. The third-order valence-corrected chi connectivity index (χ3v) is 11.4. The first-order valence-electron chi connectivity index (χ1n) is 26.2. The van der Waals surface area contributed by atoms with Crippen molar-refractivity contribution < 1.29 is 23.8 Å². The molecule has 0 aromatic carbocycles. The van der Waals surface area contributed by atoms with E-state index in [1.165, 1.54) is 148 Å². The van der Waals surface area contributed by atoms with Crippen molar-refractivity contribution in [2.45, 2.75) is 271 Å². The Morgan fingerprint density at radius 3 is 1.08 bits per heavy atom. The number of rotatable bonds is 48. The predicted molar refractivity (Wildman–Crippen MR) is 261 cm³/mol. The maximum atomic E-state index is 12.6. The van der Waals surface area contributed by atoms with Gasteiger partial charge in [-0.05, 0) is 77.0 Å². The van der Waals surface area contributed by atoms with Gasteiger partial charge < -0.3 is 14.2 Å². The van der Waals surface area contributed by atoms with E-state index in [1.54, 1.807) is 0 Å². The van der Waals surface area contributed by atoms with Gasteiger partial charge >= 0.3 is 11.9 Å². The zero-order valence-corrected chi connectivity index (χ0v) is 40.2. The lowest BCUT2D eigenvalue weighted by molar-refractivity contribution is -0.155. The molecule has 1 atom stereocenters. The van der Waals surface area contributed by atoms with Crippen molar-refractivity contribution in [2.24, 2.45) is 0 Å². The van der Waals surface area contributed by atoms with Crippen molar-refractivity contribution in [2.75, 3.05) is 19.8 Å². The molecule has 0 aliphatic carbocycles. The third-order valence-electron chi connectivity index (χ3n) is 11.4. The molecule has 0 aromatic heterocycles. The summed E-state index contributed by atoms with van der Waals surface area (Å²) in [5.41, 5.74) is 0. The zero-order chi connectivity index (χ0) is 43.5. The first-order valence-corrected chi connectivity index (χ1v) is 26.2. The summed E-state index contributed by atoms with van der Waals surface area (Å²) < 4.78 is 17.4. The fourth-order valence-electron chi connectivity index (χ4n) is 7.36. The Hall–Kier alpha value is -2.14. The number of hydrogen-bond acceptors (Lipinski definition) is 5. The molecule has 0 aliphatic rings. The second-order valence-electron chi connectivity index (χ2n) is 17.4. The lowest BCUT2D eigenvalue weighted by atomic mass is 10.0. The van der Waals surface area contributed by atoms with Gasteiger partial charge in [-0.15, -0.1) is 0 Å². The number of ether oxygens (including phenoxy) is 3. The fraction of sp³-hybridized carbons (Fsp3) is 0.818. The van der Waals surface area contributed by atoms with Gasteiger partial charge in [-0.3, -0.25) is 9.59 Å². The topological polar surface area (TPSA) is 61.8 Å². The molecule has 0 radical (unpaired) electrons. The van der Waals surface area contributed by atoms with Crippen LogP contribution in [0.4, 0.5) is 0 Å². The van der Waals surface area contributed by atoms with Crippen LogP contribution in [0.25, 0.3) is 0 Å². The highest BCUT2D eigenvalue weighted by Crippen LogP contribution is 2.15. The molecule has 0 saturated carbocycles. The van der Waals surface area contributed by atoms with E-state index >= 15 is 0 Å². The summed E-state index contributed by atoms with van der Waals surface area (Å²) >= 11 is 0. The van der Waals surface area contributed by atoms with Gasteiger partial charge in [0.1, 0.15) is 19.3 Å². The standard InChI is InChI=1S/C55H100O5/c1-4-7-10-13-16-19-22-24-26-28-29-31-34-37-40-43-46-49-55(57)60-52-53(51-59-54(56)48-45-42-39-36-33-21-18-15-12-9-6-3)58-50-47-44-41-38-35-32-30-27-25-23-20-17-14-11-8-5-2/h15-16,18-19,24,26,29,31,53H,4-14,17,20-23,25,27-28,30,32-52H2,1-3H3/b18-15-,19-16-,26-24-,31-29-/t53-/m0/s1. The van der Waals surface area contributed by atoms with Gasteiger partial charge in [-0.25, -0.2) is 0 Å². The van der Waals surface area contributed by atoms with Gasteiger partial charge in [-0.2, -0.15) is 0 Å². The van der Waals surface area contributed by atoms with E-state index in [4.69, 9.17) is 14.2 Å². The van der Waals surface area contributed by atoms with Crippen LogP contribution in [0.2, 0.25) is 0 Å². The van der Waals surface area contributed by atoms with Gasteiger partial charge in [0.05, 0.1) is 0 Å². The summed E-state index contributed by atoms with van der Waals surface area (Å²) in [4.78, 5) is 25.2. The second-order valence-corrected chi connectivity index (χ2v) is 17.4. The summed E-state index contributed by atoms with van der Waals surface area (Å²) in [6.45, 7) is 7.66. The molecule has 0 heterocycles. The number of carbonyl (C=O) groups is 2. The number of allylic oxidation sites excluding steroid dienone is 8. The normalized spacial score (nSPS) is 12.5. The first-order chi connectivity index (χ1) is 29.6. The molecule has 0 aromatic rings. The smallest absolute Gasteiger partial charge is 0.305 e. The van der Waals surface area contributed by atoms with Crippen LogP contribution in [-0.2, 0) is 23.8 Å². The molecular weight excluding hydrogens is 741 g/mol. The Morgan fingerprint density at radius 2 is 0.650 bits per heavy atom. The third kappa shape index (κ3) is 48.5. The minimum Gasteiger partial charge on any atom is -0.463 e. The monoisotopic (exact) mass is 841 g/mol. The first kappa shape index (κ1) is 57.9. The van der Waals surface area contributed by atoms with Gasteiger partial charge in [0.25, 0.3) is 0 Å². The number of esters is 2. The Labute approximate surface area is 373 Å². The van der Waals surface area contributed by atoms with E-state index in [9.17, 15) is 9.59 Å². The van der Waals surface area contributed by atoms with Crippen molar-refractivity contribution in [3.8, 4) is 0 Å². The van der Waals surface area contributed by atoms with E-state index in [0.29, 0.717) is 19.4 Å². The van der Waals surface area contributed by atoms with Gasteiger partial charge in [0, 0.05) is 19.4 Å². The molecule has 5 nitrogen and oxygen atoms in total. The zero-order valence-electron chi connectivity index (χ0n) is 40.2. The highest BCUT2D eigenvalue weighted by molar-refractivity contribution is 5.69. The average molecular weight is 841 g/mol. The van der Waals surface area contributed by atoms with Crippen molar-refractivity contribution in [1.29, 1.82) is 0 Å². The van der Waals surface area contributed by atoms with Crippen molar-refractivity contribution in [3.05, 3.63) is 48.6 Å². The van der Waals surface area contributed by atoms with Crippen LogP contribution in [-0.4, -0.2) is 37.9 Å². The molecule has 0 amide bonds. The minimum absolute atomic E-state index is 0.145. The van der Waals surface area contributed by atoms with Crippen LogP contribution < -0.4 is 0 Å². The summed E-state index contributed by atoms with van der Waals surface area (Å²) in [5.74, 6) is -0.361. The van der Waals surface area contributed by atoms with Gasteiger partial charge in [-0.1, -0.05) is 223 Å². The number of hydrogen-bond donors (Lipinski definition) is 0. The van der Waals surface area contributed by atoms with Crippen LogP contribution in [0.5, 0.6) is 0 Å². The molecule has 0 saturated heterocycles. The lowest BCUT2D eigenvalue weighted by Gasteiger charge is -2.18. The predicted octanol–water partition coefficient (Wildman–Crippen LogP) is 17.6. The molecule has 350 valence electrons. The molecular formula is C55H100O5.